The number of rotatable bonds is 3. The van der Waals surface area contributed by atoms with E-state index < -0.39 is 5.60 Å². The van der Waals surface area contributed by atoms with Crippen LogP contribution in [0, 0.1) is 5.92 Å². The molecule has 2 aliphatic rings. The van der Waals surface area contributed by atoms with Crippen LogP contribution < -0.4 is 5.32 Å². The molecular weight excluding hydrogens is 256 g/mol. The van der Waals surface area contributed by atoms with Gasteiger partial charge in [0.25, 0.3) is 0 Å². The van der Waals surface area contributed by atoms with Gasteiger partial charge in [-0.3, -0.25) is 0 Å². The summed E-state index contributed by atoms with van der Waals surface area (Å²) in [6.45, 7) is 10.0. The largest absolute Gasteiger partial charge is 0.444 e. The van der Waals surface area contributed by atoms with E-state index in [2.05, 4.69) is 5.32 Å². The summed E-state index contributed by atoms with van der Waals surface area (Å²) in [5, 5.41) is 3.56. The van der Waals surface area contributed by atoms with Crippen molar-refractivity contribution in [3.63, 3.8) is 0 Å². The molecule has 2 unspecified atom stereocenters. The van der Waals surface area contributed by atoms with Crippen LogP contribution in [0.3, 0.4) is 0 Å². The van der Waals surface area contributed by atoms with Crippen molar-refractivity contribution < 1.29 is 14.3 Å². The number of carbonyl (C=O) groups excluding carboxylic acids is 1. The first-order valence-corrected chi connectivity index (χ1v) is 7.73. The highest BCUT2D eigenvalue weighted by atomic mass is 16.6. The standard InChI is InChI=1S/C15H28N2O3/c1-15(2,3)20-14(18)17-7-4-5-12(10-17)9-16-13-6-8-19-11-13/h12-13,16H,4-11H2,1-3H3. The predicted molar refractivity (Wildman–Crippen MR) is 77.8 cm³/mol. The molecule has 0 aliphatic carbocycles. The molecule has 116 valence electrons. The van der Waals surface area contributed by atoms with E-state index in [1.165, 1.54) is 6.42 Å². The maximum atomic E-state index is 12.1. The monoisotopic (exact) mass is 284 g/mol. The third kappa shape index (κ3) is 4.94. The van der Waals surface area contributed by atoms with Gasteiger partial charge in [0.05, 0.1) is 6.61 Å². The number of piperidine rings is 1. The Morgan fingerprint density at radius 1 is 1.40 bits per heavy atom. The predicted octanol–water partition coefficient (Wildman–Crippen LogP) is 2.01. The van der Waals surface area contributed by atoms with Gasteiger partial charge in [-0.25, -0.2) is 4.79 Å². The van der Waals surface area contributed by atoms with Gasteiger partial charge in [0.15, 0.2) is 0 Å². The fraction of sp³-hybridized carbons (Fsp3) is 0.933. The molecule has 1 amide bonds. The molecule has 0 aromatic rings. The van der Waals surface area contributed by atoms with E-state index in [1.807, 2.05) is 25.7 Å². The van der Waals surface area contributed by atoms with E-state index in [0.29, 0.717) is 12.0 Å². The van der Waals surface area contributed by atoms with E-state index in [-0.39, 0.29) is 6.09 Å². The molecule has 2 fully saturated rings. The molecular formula is C15H28N2O3. The fourth-order valence-corrected chi connectivity index (χ4v) is 2.75. The van der Waals surface area contributed by atoms with Crippen molar-refractivity contribution in [1.82, 2.24) is 10.2 Å². The van der Waals surface area contributed by atoms with Crippen molar-refractivity contribution in [2.24, 2.45) is 5.92 Å². The summed E-state index contributed by atoms with van der Waals surface area (Å²) >= 11 is 0. The van der Waals surface area contributed by atoms with Gasteiger partial charge in [-0.15, -0.1) is 0 Å². The third-order valence-electron chi connectivity index (χ3n) is 3.80. The van der Waals surface area contributed by atoms with E-state index in [9.17, 15) is 4.79 Å². The van der Waals surface area contributed by atoms with Gasteiger partial charge in [0.2, 0.25) is 0 Å². The zero-order chi connectivity index (χ0) is 14.6. The summed E-state index contributed by atoms with van der Waals surface area (Å²) in [6.07, 6.45) is 3.17. The summed E-state index contributed by atoms with van der Waals surface area (Å²) in [5.74, 6) is 0.525. The number of carbonyl (C=O) groups is 1. The Labute approximate surface area is 122 Å². The van der Waals surface area contributed by atoms with Crippen molar-refractivity contribution in [3.8, 4) is 0 Å². The molecule has 2 heterocycles. The molecule has 2 saturated heterocycles. The van der Waals surface area contributed by atoms with Crippen LogP contribution in [-0.4, -0.2) is 55.5 Å². The van der Waals surface area contributed by atoms with Crippen LogP contribution >= 0.6 is 0 Å². The quantitative estimate of drug-likeness (QED) is 0.861. The molecule has 1 N–H and O–H groups in total. The molecule has 5 nitrogen and oxygen atoms in total. The lowest BCUT2D eigenvalue weighted by Crippen LogP contribution is -2.46. The lowest BCUT2D eigenvalue weighted by Gasteiger charge is -2.34. The first-order valence-electron chi connectivity index (χ1n) is 7.73. The molecule has 0 radical (unpaired) electrons. The first-order chi connectivity index (χ1) is 9.44. The number of amides is 1. The average molecular weight is 284 g/mol. The first kappa shape index (κ1) is 15.6. The lowest BCUT2D eigenvalue weighted by atomic mass is 9.98. The van der Waals surface area contributed by atoms with Crippen LogP contribution in [0.1, 0.15) is 40.0 Å². The van der Waals surface area contributed by atoms with Crippen molar-refractivity contribution in [2.45, 2.75) is 51.7 Å². The van der Waals surface area contributed by atoms with Gasteiger partial charge in [-0.1, -0.05) is 0 Å². The zero-order valence-corrected chi connectivity index (χ0v) is 13.0. The second-order valence-corrected chi connectivity index (χ2v) is 6.90. The Morgan fingerprint density at radius 3 is 2.85 bits per heavy atom. The molecule has 2 atom stereocenters. The van der Waals surface area contributed by atoms with Crippen LogP contribution in [0.5, 0.6) is 0 Å². The highest BCUT2D eigenvalue weighted by Gasteiger charge is 2.28. The molecule has 20 heavy (non-hydrogen) atoms. The van der Waals surface area contributed by atoms with Crippen LogP contribution in [0.2, 0.25) is 0 Å². The average Bonchev–Trinajstić information content (AvgIpc) is 2.88. The van der Waals surface area contributed by atoms with E-state index in [0.717, 1.165) is 45.7 Å². The van der Waals surface area contributed by atoms with Crippen molar-refractivity contribution >= 4 is 6.09 Å². The summed E-state index contributed by atoms with van der Waals surface area (Å²) < 4.78 is 10.8. The number of nitrogens with one attached hydrogen (secondary N) is 1. The summed E-state index contributed by atoms with van der Waals surface area (Å²) in [4.78, 5) is 13.9. The molecule has 0 bridgehead atoms. The summed E-state index contributed by atoms with van der Waals surface area (Å²) in [7, 11) is 0. The van der Waals surface area contributed by atoms with Gasteiger partial charge >= 0.3 is 6.09 Å². The van der Waals surface area contributed by atoms with Crippen molar-refractivity contribution in [3.05, 3.63) is 0 Å². The van der Waals surface area contributed by atoms with Gasteiger partial charge in [0.1, 0.15) is 5.60 Å². The van der Waals surface area contributed by atoms with Crippen LogP contribution in [0.25, 0.3) is 0 Å². The highest BCUT2D eigenvalue weighted by molar-refractivity contribution is 5.68. The third-order valence-corrected chi connectivity index (χ3v) is 3.80. The molecule has 0 aromatic heterocycles. The smallest absolute Gasteiger partial charge is 0.410 e. The van der Waals surface area contributed by atoms with E-state index in [1.54, 1.807) is 0 Å². The second kappa shape index (κ2) is 6.76. The fourth-order valence-electron chi connectivity index (χ4n) is 2.75. The summed E-state index contributed by atoms with van der Waals surface area (Å²) in [5.41, 5.74) is -0.413. The summed E-state index contributed by atoms with van der Waals surface area (Å²) in [6, 6.07) is 0.493. The highest BCUT2D eigenvalue weighted by Crippen LogP contribution is 2.19. The van der Waals surface area contributed by atoms with Gasteiger partial charge < -0.3 is 19.7 Å². The minimum atomic E-state index is -0.413. The molecule has 2 aliphatic heterocycles. The number of hydrogen-bond donors (Lipinski definition) is 1. The molecule has 2 rings (SSSR count). The normalized spacial score (nSPS) is 27.6. The number of likely N-dealkylation sites (tertiary alicyclic amines) is 1. The van der Waals surface area contributed by atoms with Crippen LogP contribution in [0.15, 0.2) is 0 Å². The SMILES string of the molecule is CC(C)(C)OC(=O)N1CCCC(CNC2CCOC2)C1. The maximum Gasteiger partial charge on any atom is 0.410 e. The number of nitrogens with zero attached hydrogens (tertiary/aromatic N) is 1. The number of hydrogen-bond acceptors (Lipinski definition) is 4. The van der Waals surface area contributed by atoms with Gasteiger partial charge in [0, 0.05) is 32.3 Å². The van der Waals surface area contributed by atoms with Gasteiger partial charge in [-0.05, 0) is 46.0 Å². The van der Waals surface area contributed by atoms with Crippen molar-refractivity contribution in [1.29, 1.82) is 0 Å². The Bertz CT molecular complexity index is 322. The molecule has 0 saturated carbocycles. The zero-order valence-electron chi connectivity index (χ0n) is 13.0. The minimum absolute atomic E-state index is 0.175. The van der Waals surface area contributed by atoms with E-state index in [4.69, 9.17) is 9.47 Å². The Hall–Kier alpha value is -0.810. The topological polar surface area (TPSA) is 50.8 Å². The van der Waals surface area contributed by atoms with Gasteiger partial charge in [-0.2, -0.15) is 0 Å². The minimum Gasteiger partial charge on any atom is -0.444 e. The molecule has 5 heteroatoms. The van der Waals surface area contributed by atoms with Crippen LogP contribution in [-0.2, 0) is 9.47 Å². The molecule has 0 aromatic carbocycles. The van der Waals surface area contributed by atoms with Crippen LogP contribution in [0.4, 0.5) is 4.79 Å². The maximum absolute atomic E-state index is 12.1. The molecule has 0 spiro atoms. The van der Waals surface area contributed by atoms with Crippen molar-refractivity contribution in [2.75, 3.05) is 32.8 Å². The number of ether oxygens (including phenoxy) is 2. The Morgan fingerprint density at radius 2 is 2.20 bits per heavy atom. The Kier molecular flexibility index (Phi) is 5.27. The Balaban J connectivity index is 1.74. The lowest BCUT2D eigenvalue weighted by molar-refractivity contribution is 0.0165. The second-order valence-electron chi connectivity index (χ2n) is 6.90. The van der Waals surface area contributed by atoms with E-state index >= 15 is 0 Å².